The third-order valence-electron chi connectivity index (χ3n) is 2.38. The summed E-state index contributed by atoms with van der Waals surface area (Å²) in [6.07, 6.45) is -4.63. The first kappa shape index (κ1) is 14.4. The summed E-state index contributed by atoms with van der Waals surface area (Å²) in [6, 6.07) is 5.46. The van der Waals surface area contributed by atoms with Crippen molar-refractivity contribution < 1.29 is 17.9 Å². The Morgan fingerprint density at radius 1 is 1.20 bits per heavy atom. The number of hydrogen-bond acceptors (Lipinski definition) is 4. The van der Waals surface area contributed by atoms with Crippen molar-refractivity contribution in [3.63, 3.8) is 0 Å². The number of ether oxygens (including phenoxy) is 1. The van der Waals surface area contributed by atoms with Crippen molar-refractivity contribution in [1.82, 2.24) is 9.97 Å². The quantitative estimate of drug-likeness (QED) is 0.916. The molecule has 0 radical (unpaired) electrons. The summed E-state index contributed by atoms with van der Waals surface area (Å²) >= 11 is 5.80. The molecule has 0 atom stereocenters. The molecule has 1 heterocycles. The number of nitrogens with zero attached hydrogens (tertiary/aromatic N) is 2. The zero-order valence-electron chi connectivity index (χ0n) is 10.2. The second-order valence-electron chi connectivity index (χ2n) is 3.96. The van der Waals surface area contributed by atoms with E-state index in [2.05, 4.69) is 9.97 Å². The maximum Gasteiger partial charge on any atom is 0.433 e. The van der Waals surface area contributed by atoms with E-state index in [-0.39, 0.29) is 5.88 Å². The molecule has 2 aromatic rings. The van der Waals surface area contributed by atoms with Gasteiger partial charge in [-0.25, -0.2) is 4.98 Å². The minimum Gasteiger partial charge on any atom is -0.439 e. The van der Waals surface area contributed by atoms with Gasteiger partial charge in [0, 0.05) is 11.1 Å². The number of anilines is 1. The zero-order chi connectivity index (χ0) is 14.9. The average Bonchev–Trinajstić information content (AvgIpc) is 2.32. The third-order valence-corrected chi connectivity index (χ3v) is 2.61. The molecular weight excluding hydrogens is 295 g/mol. The summed E-state index contributed by atoms with van der Waals surface area (Å²) in [6.45, 7) is 1.72. The van der Waals surface area contributed by atoms with Crippen molar-refractivity contribution in [3.05, 3.63) is 40.5 Å². The zero-order valence-corrected chi connectivity index (χ0v) is 11.0. The Morgan fingerprint density at radius 3 is 2.55 bits per heavy atom. The molecule has 0 saturated carbocycles. The van der Waals surface area contributed by atoms with Crippen molar-refractivity contribution >= 4 is 17.5 Å². The lowest BCUT2D eigenvalue weighted by molar-refractivity contribution is -0.141. The van der Waals surface area contributed by atoms with Crippen molar-refractivity contribution in [2.24, 2.45) is 0 Å². The molecule has 20 heavy (non-hydrogen) atoms. The Hall–Kier alpha value is -2.02. The van der Waals surface area contributed by atoms with Crippen molar-refractivity contribution in [1.29, 1.82) is 0 Å². The van der Waals surface area contributed by atoms with Crippen molar-refractivity contribution in [3.8, 4) is 11.6 Å². The molecule has 8 heteroatoms. The van der Waals surface area contributed by atoms with E-state index in [0.29, 0.717) is 22.4 Å². The van der Waals surface area contributed by atoms with E-state index in [1.165, 1.54) is 6.07 Å². The van der Waals surface area contributed by atoms with Crippen molar-refractivity contribution in [2.45, 2.75) is 13.1 Å². The molecule has 0 aliphatic carbocycles. The van der Waals surface area contributed by atoms with Gasteiger partial charge in [-0.2, -0.15) is 18.2 Å². The normalized spacial score (nSPS) is 11.4. The molecule has 106 valence electrons. The fraction of sp³-hybridized carbons (Fsp3) is 0.167. The first-order valence-corrected chi connectivity index (χ1v) is 5.79. The van der Waals surface area contributed by atoms with Gasteiger partial charge in [-0.1, -0.05) is 17.7 Å². The molecule has 0 unspecified atom stereocenters. The second kappa shape index (κ2) is 5.16. The van der Waals surface area contributed by atoms with Crippen LogP contribution in [0.1, 0.15) is 11.3 Å². The first-order valence-electron chi connectivity index (χ1n) is 5.41. The average molecular weight is 304 g/mol. The fourth-order valence-electron chi connectivity index (χ4n) is 1.44. The molecule has 0 amide bonds. The van der Waals surface area contributed by atoms with Gasteiger partial charge in [0.1, 0.15) is 5.75 Å². The number of hydrogen-bond donors (Lipinski definition) is 1. The molecule has 0 fully saturated rings. The molecular formula is C12H9ClF3N3O. The van der Waals surface area contributed by atoms with Crippen LogP contribution in [-0.4, -0.2) is 9.97 Å². The van der Waals surface area contributed by atoms with E-state index in [0.717, 1.165) is 0 Å². The van der Waals surface area contributed by atoms with E-state index < -0.39 is 17.8 Å². The number of halogens is 4. The summed E-state index contributed by atoms with van der Waals surface area (Å²) in [5.74, 6) is -0.520. The Balaban J connectivity index is 2.39. The summed E-state index contributed by atoms with van der Waals surface area (Å²) in [5.41, 5.74) is 4.78. The molecule has 2 N–H and O–H groups in total. The number of nitrogens with two attached hydrogens (primary N) is 1. The maximum absolute atomic E-state index is 12.6. The van der Waals surface area contributed by atoms with Crippen LogP contribution in [0.3, 0.4) is 0 Å². The van der Waals surface area contributed by atoms with Crippen LogP contribution in [0.4, 0.5) is 19.1 Å². The van der Waals surface area contributed by atoms with E-state index in [1.807, 2.05) is 0 Å². The van der Waals surface area contributed by atoms with Crippen LogP contribution in [0, 0.1) is 6.92 Å². The summed E-state index contributed by atoms with van der Waals surface area (Å²) in [5, 5.41) is 0.392. The smallest absolute Gasteiger partial charge is 0.433 e. The number of alkyl halides is 3. The molecule has 2 rings (SSSR count). The molecule has 4 nitrogen and oxygen atoms in total. The fourth-order valence-corrected chi connectivity index (χ4v) is 1.60. The number of benzene rings is 1. The van der Waals surface area contributed by atoms with Gasteiger partial charge in [-0.3, -0.25) is 0 Å². The highest BCUT2D eigenvalue weighted by atomic mass is 35.5. The molecule has 0 aliphatic heterocycles. The van der Waals surface area contributed by atoms with Crippen LogP contribution in [-0.2, 0) is 6.18 Å². The third kappa shape index (κ3) is 3.30. The largest absolute Gasteiger partial charge is 0.439 e. The van der Waals surface area contributed by atoms with Gasteiger partial charge in [0.05, 0.1) is 0 Å². The Morgan fingerprint density at radius 2 is 1.90 bits per heavy atom. The van der Waals surface area contributed by atoms with Gasteiger partial charge < -0.3 is 10.5 Å². The van der Waals surface area contributed by atoms with Crippen LogP contribution in [0.5, 0.6) is 11.6 Å². The van der Waals surface area contributed by atoms with Gasteiger partial charge in [-0.15, -0.1) is 0 Å². The molecule has 0 spiro atoms. The van der Waals surface area contributed by atoms with Crippen LogP contribution in [0.15, 0.2) is 24.3 Å². The van der Waals surface area contributed by atoms with Crippen molar-refractivity contribution in [2.75, 3.05) is 5.73 Å². The summed E-state index contributed by atoms with van der Waals surface area (Å²) in [7, 11) is 0. The van der Waals surface area contributed by atoms with Crippen LogP contribution < -0.4 is 10.5 Å². The Labute approximate surface area is 117 Å². The van der Waals surface area contributed by atoms with E-state index in [4.69, 9.17) is 22.1 Å². The molecule has 0 aliphatic rings. The summed E-state index contributed by atoms with van der Waals surface area (Å²) < 4.78 is 43.1. The van der Waals surface area contributed by atoms with Crippen LogP contribution in [0.25, 0.3) is 0 Å². The lowest BCUT2D eigenvalue weighted by Crippen LogP contribution is -2.11. The molecule has 0 bridgehead atoms. The highest BCUT2D eigenvalue weighted by Gasteiger charge is 2.33. The van der Waals surface area contributed by atoms with Gasteiger partial charge in [-0.05, 0) is 24.6 Å². The van der Waals surface area contributed by atoms with Gasteiger partial charge >= 0.3 is 6.18 Å². The Kier molecular flexibility index (Phi) is 3.71. The monoisotopic (exact) mass is 303 g/mol. The SMILES string of the molecule is Cc1ccc(Cl)cc1Oc1cc(C(F)(F)F)nc(N)n1. The topological polar surface area (TPSA) is 61.0 Å². The second-order valence-corrected chi connectivity index (χ2v) is 4.40. The number of aryl methyl sites for hydroxylation is 1. The maximum atomic E-state index is 12.6. The van der Waals surface area contributed by atoms with Crippen LogP contribution in [0.2, 0.25) is 5.02 Å². The Bertz CT molecular complexity index is 646. The minimum absolute atomic E-state index is 0.295. The lowest BCUT2D eigenvalue weighted by atomic mass is 10.2. The minimum atomic E-state index is -4.63. The van der Waals surface area contributed by atoms with E-state index in [1.54, 1.807) is 19.1 Å². The first-order chi connectivity index (χ1) is 9.25. The van der Waals surface area contributed by atoms with E-state index in [9.17, 15) is 13.2 Å². The standard InChI is InChI=1S/C12H9ClF3N3O/c1-6-2-3-7(13)4-8(6)20-10-5-9(12(14,15)16)18-11(17)19-10/h2-5H,1H3,(H2,17,18,19). The predicted octanol–water partition coefficient (Wildman–Crippen LogP) is 3.83. The number of aromatic nitrogens is 2. The number of rotatable bonds is 2. The molecule has 1 aromatic carbocycles. The molecule has 1 aromatic heterocycles. The van der Waals surface area contributed by atoms with Gasteiger partial charge in [0.15, 0.2) is 5.69 Å². The highest BCUT2D eigenvalue weighted by Crippen LogP contribution is 2.32. The van der Waals surface area contributed by atoms with E-state index >= 15 is 0 Å². The highest BCUT2D eigenvalue weighted by molar-refractivity contribution is 6.30. The number of nitrogen functional groups attached to an aromatic ring is 1. The van der Waals surface area contributed by atoms with Gasteiger partial charge in [0.2, 0.25) is 11.8 Å². The molecule has 0 saturated heterocycles. The predicted molar refractivity (Wildman–Crippen MR) is 67.7 cm³/mol. The van der Waals surface area contributed by atoms with Crippen LogP contribution >= 0.6 is 11.6 Å². The summed E-state index contributed by atoms with van der Waals surface area (Å²) in [4.78, 5) is 6.74. The van der Waals surface area contributed by atoms with Gasteiger partial charge in [0.25, 0.3) is 0 Å². The lowest BCUT2D eigenvalue weighted by Gasteiger charge is -2.11.